The minimum absolute atomic E-state index is 0.153. The molecule has 0 atom stereocenters. The van der Waals surface area contributed by atoms with Crippen LogP contribution in [0.1, 0.15) is 21.9 Å². The summed E-state index contributed by atoms with van der Waals surface area (Å²) in [5.74, 6) is 0.676. The number of nitrogens with one attached hydrogen (secondary N) is 2. The van der Waals surface area contributed by atoms with Crippen molar-refractivity contribution in [3.63, 3.8) is 0 Å². The lowest BCUT2D eigenvalue weighted by molar-refractivity contribution is 0.0956. The van der Waals surface area contributed by atoms with Crippen molar-refractivity contribution in [1.82, 2.24) is 5.43 Å². The first-order chi connectivity index (χ1) is 12.5. The van der Waals surface area contributed by atoms with Crippen LogP contribution in [0.25, 0.3) is 0 Å². The number of sulfonamides is 1. The zero-order valence-corrected chi connectivity index (χ0v) is 15.3. The van der Waals surface area contributed by atoms with Gasteiger partial charge in [0.05, 0.1) is 17.5 Å². The van der Waals surface area contributed by atoms with Crippen LogP contribution in [0.15, 0.2) is 67.6 Å². The SMILES string of the molecule is Cc1ccc(C=NNC(=O)c2ccccc2NS(=O)(=O)c2cccs2)o1. The van der Waals surface area contributed by atoms with Crippen LogP contribution in [0, 0.1) is 6.92 Å². The third kappa shape index (κ3) is 4.19. The molecular formula is C17H15N3O4S2. The number of hydrazone groups is 1. The molecule has 1 aromatic carbocycles. The molecule has 0 saturated carbocycles. The van der Waals surface area contributed by atoms with Crippen LogP contribution in [0.4, 0.5) is 5.69 Å². The molecule has 0 saturated heterocycles. The summed E-state index contributed by atoms with van der Waals surface area (Å²) in [6, 6.07) is 12.9. The van der Waals surface area contributed by atoms with Crippen molar-refractivity contribution in [2.45, 2.75) is 11.1 Å². The van der Waals surface area contributed by atoms with Gasteiger partial charge in [0.1, 0.15) is 15.7 Å². The molecule has 0 radical (unpaired) electrons. The summed E-state index contributed by atoms with van der Waals surface area (Å²) < 4.78 is 32.6. The van der Waals surface area contributed by atoms with Crippen LogP contribution in [-0.4, -0.2) is 20.5 Å². The number of para-hydroxylation sites is 1. The summed E-state index contributed by atoms with van der Waals surface area (Å²) in [6.07, 6.45) is 1.36. The van der Waals surface area contributed by atoms with Gasteiger partial charge in [0.2, 0.25) is 0 Å². The van der Waals surface area contributed by atoms with Crippen molar-refractivity contribution < 1.29 is 17.6 Å². The summed E-state index contributed by atoms with van der Waals surface area (Å²) in [5.41, 5.74) is 2.68. The summed E-state index contributed by atoms with van der Waals surface area (Å²) >= 11 is 1.09. The Balaban J connectivity index is 1.76. The molecule has 2 heterocycles. The lowest BCUT2D eigenvalue weighted by atomic mass is 10.2. The van der Waals surface area contributed by atoms with Crippen LogP contribution in [0.5, 0.6) is 0 Å². The monoisotopic (exact) mass is 389 g/mol. The number of amides is 1. The average Bonchev–Trinajstić information content (AvgIpc) is 3.27. The van der Waals surface area contributed by atoms with E-state index in [0.717, 1.165) is 17.1 Å². The minimum Gasteiger partial charge on any atom is -0.460 e. The molecule has 1 amide bonds. The van der Waals surface area contributed by atoms with Gasteiger partial charge >= 0.3 is 0 Å². The van der Waals surface area contributed by atoms with Crippen LogP contribution in [0.2, 0.25) is 0 Å². The zero-order valence-electron chi connectivity index (χ0n) is 13.7. The lowest BCUT2D eigenvalue weighted by Crippen LogP contribution is -2.21. The molecule has 7 nitrogen and oxygen atoms in total. The number of nitrogens with zero attached hydrogens (tertiary/aromatic N) is 1. The second-order valence-corrected chi connectivity index (χ2v) is 8.09. The topological polar surface area (TPSA) is 101 Å². The Bertz CT molecular complexity index is 1040. The number of hydrogen-bond donors (Lipinski definition) is 2. The molecular weight excluding hydrogens is 374 g/mol. The number of thiophene rings is 1. The highest BCUT2D eigenvalue weighted by Gasteiger charge is 2.19. The van der Waals surface area contributed by atoms with E-state index >= 15 is 0 Å². The molecule has 3 rings (SSSR count). The fourth-order valence-electron chi connectivity index (χ4n) is 2.12. The van der Waals surface area contributed by atoms with Crippen LogP contribution < -0.4 is 10.1 Å². The predicted molar refractivity (Wildman–Crippen MR) is 100 cm³/mol. The van der Waals surface area contributed by atoms with Gasteiger partial charge in [-0.2, -0.15) is 5.10 Å². The molecule has 9 heteroatoms. The van der Waals surface area contributed by atoms with E-state index in [0.29, 0.717) is 5.76 Å². The maximum Gasteiger partial charge on any atom is 0.273 e. The van der Waals surface area contributed by atoms with Crippen molar-refractivity contribution in [3.05, 3.63) is 71.0 Å². The molecule has 0 aliphatic carbocycles. The molecule has 0 fully saturated rings. The minimum atomic E-state index is -3.75. The Morgan fingerprint density at radius 1 is 1.15 bits per heavy atom. The molecule has 0 bridgehead atoms. The highest BCUT2D eigenvalue weighted by atomic mass is 32.2. The molecule has 26 heavy (non-hydrogen) atoms. The third-order valence-corrected chi connectivity index (χ3v) is 6.06. The predicted octanol–water partition coefficient (Wildman–Crippen LogP) is 3.21. The van der Waals surface area contributed by atoms with Gasteiger partial charge in [-0.25, -0.2) is 13.8 Å². The van der Waals surface area contributed by atoms with Gasteiger partial charge in [-0.15, -0.1) is 11.3 Å². The lowest BCUT2D eigenvalue weighted by Gasteiger charge is -2.10. The van der Waals surface area contributed by atoms with Gasteiger partial charge in [-0.1, -0.05) is 18.2 Å². The quantitative estimate of drug-likeness (QED) is 0.499. The smallest absolute Gasteiger partial charge is 0.273 e. The van der Waals surface area contributed by atoms with Crippen molar-refractivity contribution >= 4 is 39.2 Å². The molecule has 0 spiro atoms. The van der Waals surface area contributed by atoms with Gasteiger partial charge in [0.15, 0.2) is 0 Å². The molecule has 3 aromatic rings. The number of rotatable bonds is 6. The molecule has 0 unspecified atom stereocenters. The highest BCUT2D eigenvalue weighted by Crippen LogP contribution is 2.22. The number of hydrogen-bond acceptors (Lipinski definition) is 6. The maximum absolute atomic E-state index is 12.4. The number of carbonyl (C=O) groups excluding carboxylic acids is 1. The molecule has 0 aliphatic heterocycles. The fourth-order valence-corrected chi connectivity index (χ4v) is 4.19. The second kappa shape index (κ2) is 7.54. The number of anilines is 1. The van der Waals surface area contributed by atoms with E-state index in [4.69, 9.17) is 4.42 Å². The van der Waals surface area contributed by atoms with E-state index in [1.54, 1.807) is 42.6 Å². The number of furan rings is 1. The Kier molecular flexibility index (Phi) is 5.19. The molecule has 134 valence electrons. The standard InChI is InChI=1S/C17H15N3O4S2/c1-12-8-9-13(24-12)11-18-19-17(21)14-5-2-3-6-15(14)20-26(22,23)16-7-4-10-25-16/h2-11,20H,1H3,(H,19,21). The van der Waals surface area contributed by atoms with E-state index in [1.165, 1.54) is 24.4 Å². The Morgan fingerprint density at radius 3 is 2.65 bits per heavy atom. The molecule has 2 N–H and O–H groups in total. The van der Waals surface area contributed by atoms with Gasteiger partial charge in [-0.3, -0.25) is 9.52 Å². The van der Waals surface area contributed by atoms with E-state index in [-0.39, 0.29) is 15.5 Å². The molecule has 0 aliphatic rings. The highest BCUT2D eigenvalue weighted by molar-refractivity contribution is 7.94. The van der Waals surface area contributed by atoms with Crippen LogP contribution in [0.3, 0.4) is 0 Å². The summed E-state index contributed by atoms with van der Waals surface area (Å²) in [5, 5.41) is 5.49. The van der Waals surface area contributed by atoms with E-state index in [2.05, 4.69) is 15.2 Å². The third-order valence-electron chi connectivity index (χ3n) is 3.29. The van der Waals surface area contributed by atoms with Crippen LogP contribution in [-0.2, 0) is 10.0 Å². The van der Waals surface area contributed by atoms with E-state index in [9.17, 15) is 13.2 Å². The first-order valence-corrected chi connectivity index (χ1v) is 9.87. The second-order valence-electron chi connectivity index (χ2n) is 5.23. The van der Waals surface area contributed by atoms with Gasteiger partial charge < -0.3 is 4.42 Å². The van der Waals surface area contributed by atoms with E-state index in [1.807, 2.05) is 0 Å². The van der Waals surface area contributed by atoms with Crippen LogP contribution >= 0.6 is 11.3 Å². The summed E-state index contributed by atoms with van der Waals surface area (Å²) in [4.78, 5) is 12.3. The van der Waals surface area contributed by atoms with Crippen molar-refractivity contribution in [2.24, 2.45) is 5.10 Å². The van der Waals surface area contributed by atoms with Gasteiger partial charge in [0.25, 0.3) is 15.9 Å². The maximum atomic E-state index is 12.4. The Hall–Kier alpha value is -2.91. The van der Waals surface area contributed by atoms with Gasteiger partial charge in [-0.05, 0) is 42.6 Å². The zero-order chi connectivity index (χ0) is 18.6. The summed E-state index contributed by atoms with van der Waals surface area (Å²) in [6.45, 7) is 1.80. The fraction of sp³-hybridized carbons (Fsp3) is 0.0588. The largest absolute Gasteiger partial charge is 0.460 e. The number of benzene rings is 1. The number of carbonyl (C=O) groups is 1. The number of aryl methyl sites for hydroxylation is 1. The van der Waals surface area contributed by atoms with Gasteiger partial charge in [0, 0.05) is 0 Å². The molecule has 2 aromatic heterocycles. The average molecular weight is 389 g/mol. The summed E-state index contributed by atoms with van der Waals surface area (Å²) in [7, 11) is -3.75. The van der Waals surface area contributed by atoms with Crippen molar-refractivity contribution in [1.29, 1.82) is 0 Å². The van der Waals surface area contributed by atoms with Crippen molar-refractivity contribution in [2.75, 3.05) is 4.72 Å². The van der Waals surface area contributed by atoms with Crippen molar-refractivity contribution in [3.8, 4) is 0 Å². The normalized spacial score (nSPS) is 11.6. The Labute approximate surface area is 154 Å². The first-order valence-electron chi connectivity index (χ1n) is 7.51. The first kappa shape index (κ1) is 17.9. The van der Waals surface area contributed by atoms with E-state index < -0.39 is 15.9 Å². The Morgan fingerprint density at radius 2 is 1.96 bits per heavy atom.